The quantitative estimate of drug-likeness (QED) is 0.353. The summed E-state index contributed by atoms with van der Waals surface area (Å²) in [5, 5.41) is 27.8. The predicted octanol–water partition coefficient (Wildman–Crippen LogP) is 4.99. The first-order chi connectivity index (χ1) is 15.7. The zero-order chi connectivity index (χ0) is 24.1. The molecular formula is C21H14Cl2N4O6. The van der Waals surface area contributed by atoms with Gasteiger partial charge in [-0.3, -0.25) is 29.8 Å². The van der Waals surface area contributed by atoms with E-state index in [1.54, 1.807) is 24.3 Å². The topological polar surface area (TPSA) is 144 Å². The summed E-state index contributed by atoms with van der Waals surface area (Å²) >= 11 is 11.5. The van der Waals surface area contributed by atoms with Crippen molar-refractivity contribution in [3.05, 3.63) is 108 Å². The number of hydrogen-bond donors (Lipinski definition) is 2. The molecule has 0 saturated heterocycles. The van der Waals surface area contributed by atoms with Gasteiger partial charge in [-0.05, 0) is 42.0 Å². The van der Waals surface area contributed by atoms with Crippen LogP contribution in [0.1, 0.15) is 26.3 Å². The fraction of sp³-hybridized carbons (Fsp3) is 0.0476. The van der Waals surface area contributed by atoms with Gasteiger partial charge in [0.2, 0.25) is 0 Å². The second-order valence-corrected chi connectivity index (χ2v) is 7.55. The third kappa shape index (κ3) is 5.82. The SMILES string of the molecule is O=C(NCc1cccc(NC(=O)c2ccc(Cl)cc2[N+](=O)[O-])c1)c1ccc(Cl)cc1[N+](=O)[O-]. The van der Waals surface area contributed by atoms with Gasteiger partial charge in [0.15, 0.2) is 0 Å². The third-order valence-electron chi connectivity index (χ3n) is 4.44. The summed E-state index contributed by atoms with van der Waals surface area (Å²) in [4.78, 5) is 46.0. The lowest BCUT2D eigenvalue weighted by Gasteiger charge is -2.10. The summed E-state index contributed by atoms with van der Waals surface area (Å²) < 4.78 is 0. The first-order valence-corrected chi connectivity index (χ1v) is 9.97. The number of nitrogens with one attached hydrogen (secondary N) is 2. The van der Waals surface area contributed by atoms with Gasteiger partial charge in [-0.2, -0.15) is 0 Å². The number of nitro benzene ring substituents is 2. The van der Waals surface area contributed by atoms with E-state index in [4.69, 9.17) is 23.2 Å². The standard InChI is InChI=1S/C21H14Cl2N4O6/c22-13-4-6-16(18(9-13)26(30)31)20(28)24-11-12-2-1-3-15(8-12)25-21(29)17-7-5-14(23)10-19(17)27(32)33/h1-10H,11H2,(H,24,28)(H,25,29). The minimum Gasteiger partial charge on any atom is -0.348 e. The first kappa shape index (κ1) is 23.6. The predicted molar refractivity (Wildman–Crippen MR) is 122 cm³/mol. The van der Waals surface area contributed by atoms with E-state index >= 15 is 0 Å². The summed E-state index contributed by atoms with van der Waals surface area (Å²) in [6, 6.07) is 13.8. The molecule has 0 heterocycles. The van der Waals surface area contributed by atoms with Crippen LogP contribution in [0.3, 0.4) is 0 Å². The molecule has 3 rings (SSSR count). The van der Waals surface area contributed by atoms with E-state index in [2.05, 4.69) is 10.6 Å². The number of nitrogens with zero attached hydrogens (tertiary/aromatic N) is 2. The fourth-order valence-corrected chi connectivity index (χ4v) is 3.26. The summed E-state index contributed by atoms with van der Waals surface area (Å²) in [5.41, 5.74) is -0.280. The summed E-state index contributed by atoms with van der Waals surface area (Å²) in [7, 11) is 0. The lowest BCUT2D eigenvalue weighted by atomic mass is 10.1. The van der Waals surface area contributed by atoms with E-state index in [-0.39, 0.29) is 27.7 Å². The minimum absolute atomic E-state index is 0.00339. The molecule has 168 valence electrons. The van der Waals surface area contributed by atoms with Crippen LogP contribution in [0.25, 0.3) is 0 Å². The molecule has 0 aliphatic rings. The van der Waals surface area contributed by atoms with Gasteiger partial charge >= 0.3 is 0 Å². The second-order valence-electron chi connectivity index (χ2n) is 6.67. The molecule has 0 spiro atoms. The number of nitro groups is 2. The molecule has 0 aliphatic heterocycles. The Morgan fingerprint density at radius 1 is 0.788 bits per heavy atom. The highest BCUT2D eigenvalue weighted by molar-refractivity contribution is 6.31. The minimum atomic E-state index is -0.712. The maximum atomic E-state index is 12.5. The van der Waals surface area contributed by atoms with Crippen molar-refractivity contribution in [2.75, 3.05) is 5.32 Å². The van der Waals surface area contributed by atoms with Crippen LogP contribution < -0.4 is 10.6 Å². The third-order valence-corrected chi connectivity index (χ3v) is 4.91. The van der Waals surface area contributed by atoms with Crippen molar-refractivity contribution in [2.24, 2.45) is 0 Å². The van der Waals surface area contributed by atoms with Crippen LogP contribution >= 0.6 is 23.2 Å². The number of rotatable bonds is 7. The molecule has 0 aromatic heterocycles. The van der Waals surface area contributed by atoms with E-state index < -0.39 is 33.0 Å². The molecule has 0 radical (unpaired) electrons. The molecule has 12 heteroatoms. The highest BCUT2D eigenvalue weighted by Gasteiger charge is 2.22. The first-order valence-electron chi connectivity index (χ1n) is 9.22. The Kier molecular flexibility index (Phi) is 7.21. The number of carbonyl (C=O) groups is 2. The number of anilines is 1. The van der Waals surface area contributed by atoms with Gasteiger partial charge in [-0.15, -0.1) is 0 Å². The van der Waals surface area contributed by atoms with Crippen LogP contribution in [0.4, 0.5) is 17.1 Å². The molecule has 0 atom stereocenters. The Balaban J connectivity index is 1.72. The van der Waals surface area contributed by atoms with Gasteiger partial charge in [-0.25, -0.2) is 0 Å². The molecule has 0 fully saturated rings. The lowest BCUT2D eigenvalue weighted by Crippen LogP contribution is -2.23. The maximum Gasteiger partial charge on any atom is 0.283 e. The van der Waals surface area contributed by atoms with Gasteiger partial charge in [0.05, 0.1) is 9.85 Å². The average Bonchev–Trinajstić information content (AvgIpc) is 2.77. The average molecular weight is 489 g/mol. The normalized spacial score (nSPS) is 10.4. The van der Waals surface area contributed by atoms with E-state index in [0.717, 1.165) is 12.1 Å². The molecule has 3 aromatic rings. The van der Waals surface area contributed by atoms with E-state index in [9.17, 15) is 29.8 Å². The van der Waals surface area contributed by atoms with E-state index in [1.165, 1.54) is 24.3 Å². The van der Waals surface area contributed by atoms with Gasteiger partial charge in [0, 0.05) is 34.4 Å². The van der Waals surface area contributed by atoms with Crippen LogP contribution in [0.15, 0.2) is 60.7 Å². The molecule has 33 heavy (non-hydrogen) atoms. The molecule has 2 N–H and O–H groups in total. The van der Waals surface area contributed by atoms with Gasteiger partial charge < -0.3 is 10.6 Å². The number of benzene rings is 3. The maximum absolute atomic E-state index is 12.5. The molecule has 10 nitrogen and oxygen atoms in total. The highest BCUT2D eigenvalue weighted by Crippen LogP contribution is 2.25. The van der Waals surface area contributed by atoms with Gasteiger partial charge in [0.1, 0.15) is 11.1 Å². The van der Waals surface area contributed by atoms with Crippen LogP contribution in [0, 0.1) is 20.2 Å². The van der Waals surface area contributed by atoms with Crippen molar-refractivity contribution in [3.8, 4) is 0 Å². The Hall–Kier alpha value is -4.02. The van der Waals surface area contributed by atoms with Crippen LogP contribution in [-0.4, -0.2) is 21.7 Å². The monoisotopic (exact) mass is 488 g/mol. The van der Waals surface area contributed by atoms with Crippen LogP contribution in [-0.2, 0) is 6.54 Å². The summed E-state index contributed by atoms with van der Waals surface area (Å²) in [6.07, 6.45) is 0. The molecule has 0 aliphatic carbocycles. The number of carbonyl (C=O) groups excluding carboxylic acids is 2. The van der Waals surface area contributed by atoms with Crippen LogP contribution in [0.2, 0.25) is 10.0 Å². The second kappa shape index (κ2) is 10.1. The van der Waals surface area contributed by atoms with Crippen molar-refractivity contribution in [2.45, 2.75) is 6.54 Å². The van der Waals surface area contributed by atoms with Gasteiger partial charge in [0.25, 0.3) is 23.2 Å². The van der Waals surface area contributed by atoms with Crippen LogP contribution in [0.5, 0.6) is 0 Å². The fourth-order valence-electron chi connectivity index (χ4n) is 2.93. The molecule has 3 aromatic carbocycles. The van der Waals surface area contributed by atoms with Gasteiger partial charge in [-0.1, -0.05) is 35.3 Å². The Morgan fingerprint density at radius 3 is 1.88 bits per heavy atom. The summed E-state index contributed by atoms with van der Waals surface area (Å²) in [6.45, 7) is 0.00339. The van der Waals surface area contributed by atoms with Crippen molar-refractivity contribution < 1.29 is 19.4 Å². The Morgan fingerprint density at radius 2 is 1.33 bits per heavy atom. The zero-order valence-electron chi connectivity index (χ0n) is 16.6. The highest BCUT2D eigenvalue weighted by atomic mass is 35.5. The Bertz CT molecular complexity index is 1280. The van der Waals surface area contributed by atoms with Crippen molar-refractivity contribution in [3.63, 3.8) is 0 Å². The van der Waals surface area contributed by atoms with Crippen molar-refractivity contribution in [1.82, 2.24) is 5.32 Å². The molecule has 0 bridgehead atoms. The smallest absolute Gasteiger partial charge is 0.283 e. The number of hydrogen-bond acceptors (Lipinski definition) is 6. The molecular weight excluding hydrogens is 475 g/mol. The lowest BCUT2D eigenvalue weighted by molar-refractivity contribution is -0.385. The summed E-state index contributed by atoms with van der Waals surface area (Å²) in [5.74, 6) is -1.39. The molecule has 2 amide bonds. The number of amides is 2. The van der Waals surface area contributed by atoms with Crippen molar-refractivity contribution >= 4 is 52.1 Å². The zero-order valence-corrected chi connectivity index (χ0v) is 18.1. The molecule has 0 saturated carbocycles. The van der Waals surface area contributed by atoms with Crippen molar-refractivity contribution in [1.29, 1.82) is 0 Å². The molecule has 0 unspecified atom stereocenters. The Labute approximate surface area is 196 Å². The van der Waals surface area contributed by atoms with E-state index in [1.807, 2.05) is 0 Å². The number of halogens is 2. The largest absolute Gasteiger partial charge is 0.348 e. The van der Waals surface area contributed by atoms with E-state index in [0.29, 0.717) is 11.3 Å².